The number of aromatic nitrogens is 1. The molecule has 0 radical (unpaired) electrons. The Morgan fingerprint density at radius 2 is 1.93 bits per heavy atom. The zero-order chi connectivity index (χ0) is 19.6. The standard InChI is InChI=1S/C20H19BrClNO4/c1-12-9-15-18(16(21)10-12)23(20(25)27-19(15)24)7-3-4-8-26-14-5-6-17(22)13(2)11-14/h5-6,9-11H,3-4,7-8H2,1-2H3. The van der Waals surface area contributed by atoms with Crippen molar-refractivity contribution in [3.05, 3.63) is 71.9 Å². The molecule has 0 saturated carbocycles. The first-order valence-electron chi connectivity index (χ1n) is 8.59. The lowest BCUT2D eigenvalue weighted by atomic mass is 10.1. The largest absolute Gasteiger partial charge is 0.494 e. The lowest BCUT2D eigenvalue weighted by molar-refractivity contribution is 0.300. The molecule has 0 fully saturated rings. The number of benzene rings is 2. The lowest BCUT2D eigenvalue weighted by Gasteiger charge is -2.11. The summed E-state index contributed by atoms with van der Waals surface area (Å²) in [4.78, 5) is 24.2. The molecule has 0 amide bonds. The predicted octanol–water partition coefficient (Wildman–Crippen LogP) is 4.85. The summed E-state index contributed by atoms with van der Waals surface area (Å²) >= 11 is 9.46. The average molecular weight is 453 g/mol. The molecule has 0 bridgehead atoms. The monoisotopic (exact) mass is 451 g/mol. The van der Waals surface area contributed by atoms with Gasteiger partial charge in [0, 0.05) is 16.0 Å². The molecule has 2 aromatic carbocycles. The molecule has 5 nitrogen and oxygen atoms in total. The van der Waals surface area contributed by atoms with Gasteiger partial charge in [-0.15, -0.1) is 0 Å². The molecule has 0 N–H and O–H groups in total. The third-order valence-corrected chi connectivity index (χ3v) is 5.30. The van der Waals surface area contributed by atoms with E-state index in [1.54, 1.807) is 6.07 Å². The van der Waals surface area contributed by atoms with E-state index < -0.39 is 11.4 Å². The van der Waals surface area contributed by atoms with Crippen molar-refractivity contribution in [2.75, 3.05) is 6.61 Å². The van der Waals surface area contributed by atoms with Gasteiger partial charge < -0.3 is 9.15 Å². The maximum absolute atomic E-state index is 12.2. The minimum Gasteiger partial charge on any atom is -0.494 e. The topological polar surface area (TPSA) is 61.4 Å². The quantitative estimate of drug-likeness (QED) is 0.502. The maximum atomic E-state index is 12.2. The van der Waals surface area contributed by atoms with Crippen LogP contribution in [0.1, 0.15) is 24.0 Å². The van der Waals surface area contributed by atoms with Crippen LogP contribution in [0.3, 0.4) is 0 Å². The van der Waals surface area contributed by atoms with Gasteiger partial charge in [-0.1, -0.05) is 11.6 Å². The second kappa shape index (κ2) is 8.31. The number of hydrogen-bond donors (Lipinski definition) is 0. The number of unbranched alkanes of at least 4 members (excludes halogenated alkanes) is 1. The Morgan fingerprint density at radius 1 is 1.15 bits per heavy atom. The maximum Gasteiger partial charge on any atom is 0.422 e. The van der Waals surface area contributed by atoms with Crippen LogP contribution in [0.25, 0.3) is 10.9 Å². The van der Waals surface area contributed by atoms with E-state index in [-0.39, 0.29) is 0 Å². The molecule has 0 aliphatic heterocycles. The summed E-state index contributed by atoms with van der Waals surface area (Å²) in [6.07, 6.45) is 1.45. The summed E-state index contributed by atoms with van der Waals surface area (Å²) in [5.74, 6) is 0.120. The molecule has 1 heterocycles. The van der Waals surface area contributed by atoms with Gasteiger partial charge in [0.15, 0.2) is 0 Å². The molecule has 142 valence electrons. The number of ether oxygens (including phenoxy) is 1. The second-order valence-electron chi connectivity index (χ2n) is 6.42. The summed E-state index contributed by atoms with van der Waals surface area (Å²) in [6, 6.07) is 9.14. The number of nitrogens with zero attached hydrogens (tertiary/aromatic N) is 1. The third kappa shape index (κ3) is 4.45. The highest BCUT2D eigenvalue weighted by molar-refractivity contribution is 9.10. The van der Waals surface area contributed by atoms with Crippen molar-refractivity contribution in [2.45, 2.75) is 33.2 Å². The smallest absolute Gasteiger partial charge is 0.422 e. The molecular formula is C20H19BrClNO4. The van der Waals surface area contributed by atoms with Crippen molar-refractivity contribution in [1.82, 2.24) is 4.57 Å². The van der Waals surface area contributed by atoms with Crippen molar-refractivity contribution < 1.29 is 9.15 Å². The third-order valence-electron chi connectivity index (χ3n) is 4.27. The second-order valence-corrected chi connectivity index (χ2v) is 7.68. The van der Waals surface area contributed by atoms with Crippen molar-refractivity contribution in [2.24, 2.45) is 0 Å². The molecule has 1 aromatic heterocycles. The Bertz CT molecular complexity index is 1100. The Kier molecular flexibility index (Phi) is 6.07. The summed E-state index contributed by atoms with van der Waals surface area (Å²) in [6.45, 7) is 4.76. The van der Waals surface area contributed by atoms with E-state index in [4.69, 9.17) is 20.8 Å². The fourth-order valence-electron chi connectivity index (χ4n) is 2.92. The van der Waals surface area contributed by atoms with Gasteiger partial charge in [-0.3, -0.25) is 4.57 Å². The van der Waals surface area contributed by atoms with E-state index in [1.807, 2.05) is 38.1 Å². The summed E-state index contributed by atoms with van der Waals surface area (Å²) in [5.41, 5.74) is 1.83. The highest BCUT2D eigenvalue weighted by Gasteiger charge is 2.13. The van der Waals surface area contributed by atoms with Gasteiger partial charge in [-0.25, -0.2) is 9.59 Å². The van der Waals surface area contributed by atoms with Gasteiger partial charge in [0.1, 0.15) is 5.75 Å². The molecule has 27 heavy (non-hydrogen) atoms. The van der Waals surface area contributed by atoms with E-state index in [0.717, 1.165) is 23.3 Å². The van der Waals surface area contributed by atoms with Crippen molar-refractivity contribution in [1.29, 1.82) is 0 Å². The number of fused-ring (bicyclic) bond motifs is 1. The van der Waals surface area contributed by atoms with Gasteiger partial charge in [0.05, 0.1) is 17.5 Å². The first-order valence-corrected chi connectivity index (χ1v) is 9.76. The first-order chi connectivity index (χ1) is 12.9. The van der Waals surface area contributed by atoms with Gasteiger partial charge in [-0.2, -0.15) is 0 Å². The van der Waals surface area contributed by atoms with Crippen LogP contribution < -0.4 is 16.1 Å². The van der Waals surface area contributed by atoms with Crippen LogP contribution in [-0.4, -0.2) is 11.2 Å². The zero-order valence-corrected chi connectivity index (χ0v) is 17.4. The van der Waals surface area contributed by atoms with E-state index in [1.165, 1.54) is 4.57 Å². The lowest BCUT2D eigenvalue weighted by Crippen LogP contribution is -2.25. The number of hydrogen-bond acceptors (Lipinski definition) is 4. The fourth-order valence-corrected chi connectivity index (χ4v) is 3.82. The highest BCUT2D eigenvalue weighted by atomic mass is 79.9. The predicted molar refractivity (Wildman–Crippen MR) is 110 cm³/mol. The van der Waals surface area contributed by atoms with Crippen LogP contribution in [0.4, 0.5) is 0 Å². The molecular weight excluding hydrogens is 434 g/mol. The van der Waals surface area contributed by atoms with Gasteiger partial charge in [0.25, 0.3) is 0 Å². The van der Waals surface area contributed by atoms with Gasteiger partial charge in [-0.05, 0) is 84.1 Å². The summed E-state index contributed by atoms with van der Waals surface area (Å²) < 4.78 is 12.8. The number of aryl methyl sites for hydroxylation is 3. The van der Waals surface area contributed by atoms with E-state index in [0.29, 0.717) is 40.0 Å². The molecule has 0 atom stereocenters. The summed E-state index contributed by atoms with van der Waals surface area (Å²) in [7, 11) is 0. The fraction of sp³-hybridized carbons (Fsp3) is 0.300. The van der Waals surface area contributed by atoms with Gasteiger partial charge in [0.2, 0.25) is 0 Å². The van der Waals surface area contributed by atoms with Crippen molar-refractivity contribution in [3.63, 3.8) is 0 Å². The minimum absolute atomic E-state index is 0.398. The van der Waals surface area contributed by atoms with Crippen LogP contribution in [0.5, 0.6) is 5.75 Å². The molecule has 0 aliphatic carbocycles. The first kappa shape index (κ1) is 19.7. The number of halogens is 2. The Hall–Kier alpha value is -2.05. The van der Waals surface area contributed by atoms with E-state index in [2.05, 4.69) is 15.9 Å². The van der Waals surface area contributed by atoms with Crippen LogP contribution in [-0.2, 0) is 6.54 Å². The molecule has 0 spiro atoms. The Morgan fingerprint density at radius 3 is 2.67 bits per heavy atom. The minimum atomic E-state index is -0.647. The molecule has 7 heteroatoms. The van der Waals surface area contributed by atoms with E-state index in [9.17, 15) is 9.59 Å². The van der Waals surface area contributed by atoms with E-state index >= 15 is 0 Å². The molecule has 0 unspecified atom stereocenters. The zero-order valence-electron chi connectivity index (χ0n) is 15.1. The van der Waals surface area contributed by atoms with Crippen molar-refractivity contribution >= 4 is 38.4 Å². The van der Waals surface area contributed by atoms with Crippen LogP contribution in [0, 0.1) is 13.8 Å². The normalized spacial score (nSPS) is 11.1. The van der Waals surface area contributed by atoms with Crippen LogP contribution in [0.2, 0.25) is 5.02 Å². The average Bonchev–Trinajstić information content (AvgIpc) is 2.60. The summed E-state index contributed by atoms with van der Waals surface area (Å²) in [5, 5.41) is 1.11. The molecule has 0 saturated heterocycles. The Labute approximate surface area is 169 Å². The van der Waals surface area contributed by atoms with Crippen LogP contribution >= 0.6 is 27.5 Å². The van der Waals surface area contributed by atoms with Crippen molar-refractivity contribution in [3.8, 4) is 5.75 Å². The molecule has 0 aliphatic rings. The van der Waals surface area contributed by atoms with Crippen LogP contribution in [0.15, 0.2) is 48.8 Å². The Balaban J connectivity index is 1.69. The highest BCUT2D eigenvalue weighted by Crippen LogP contribution is 2.23. The molecule has 3 rings (SSSR count). The van der Waals surface area contributed by atoms with Gasteiger partial charge >= 0.3 is 11.4 Å². The molecule has 3 aromatic rings. The number of rotatable bonds is 6. The SMILES string of the molecule is Cc1cc(Br)c2c(c1)c(=O)oc(=O)n2CCCCOc1ccc(Cl)c(C)c1.